The molecule has 10 heteroatoms. The van der Waals surface area contributed by atoms with E-state index >= 15 is 0 Å². The minimum Gasteiger partial charge on any atom is -0.508 e. The first-order chi connectivity index (χ1) is 16.8. The van der Waals surface area contributed by atoms with Crippen molar-refractivity contribution in [2.24, 2.45) is 0 Å². The van der Waals surface area contributed by atoms with Gasteiger partial charge in [-0.05, 0) is 54.8 Å². The van der Waals surface area contributed by atoms with Crippen molar-refractivity contribution >= 4 is 40.6 Å². The number of nitrogens with zero attached hydrogens (tertiary/aromatic N) is 3. The Balaban J connectivity index is 1.69. The second-order valence-corrected chi connectivity index (χ2v) is 8.52. The topological polar surface area (TPSA) is 109 Å². The summed E-state index contributed by atoms with van der Waals surface area (Å²) in [6.07, 6.45) is 2.70. The zero-order chi connectivity index (χ0) is 25.1. The van der Waals surface area contributed by atoms with Gasteiger partial charge in [0.05, 0.1) is 21.4 Å². The molecule has 2 amide bonds. The van der Waals surface area contributed by atoms with E-state index in [2.05, 4.69) is 20.7 Å². The first-order valence-corrected chi connectivity index (χ1v) is 11.4. The normalized spacial score (nSPS) is 10.7. The highest BCUT2D eigenvalue weighted by Crippen LogP contribution is 2.31. The fourth-order valence-electron chi connectivity index (χ4n) is 3.60. The summed E-state index contributed by atoms with van der Waals surface area (Å²) >= 11 is 12.1. The molecule has 35 heavy (non-hydrogen) atoms. The second kappa shape index (κ2) is 10.2. The number of aryl methyl sites for hydroxylation is 2. The van der Waals surface area contributed by atoms with Crippen molar-refractivity contribution in [1.29, 1.82) is 0 Å². The molecule has 0 unspecified atom stereocenters. The number of hydrogen-bond acceptors (Lipinski definition) is 5. The van der Waals surface area contributed by atoms with E-state index in [1.807, 2.05) is 37.3 Å². The van der Waals surface area contributed by atoms with Gasteiger partial charge in [0.1, 0.15) is 11.4 Å². The molecule has 3 N–H and O–H groups in total. The third-order valence-corrected chi connectivity index (χ3v) is 5.87. The summed E-state index contributed by atoms with van der Waals surface area (Å²) in [7, 11) is 0. The molecule has 0 fully saturated rings. The van der Waals surface area contributed by atoms with Crippen molar-refractivity contribution in [3.63, 3.8) is 0 Å². The Bertz CT molecular complexity index is 1470. The first kappa shape index (κ1) is 24.3. The molecule has 0 saturated heterocycles. The summed E-state index contributed by atoms with van der Waals surface area (Å²) in [5.74, 6) is 0.197. The quantitative estimate of drug-likeness (QED) is 0.307. The van der Waals surface area contributed by atoms with Crippen LogP contribution in [0.3, 0.4) is 0 Å². The summed E-state index contributed by atoms with van der Waals surface area (Å²) in [6, 6.07) is 13.6. The Kier molecular flexibility index (Phi) is 7.04. The standard InChI is InChI=1S/C25H21Cl2N5O3/c1-3-32-24(34)22(29-25(35)30-23-19(26)12-28-13-20(23)27)11-21(31-32)16-6-4-5-15(10-16)18-8-7-17(33)9-14(18)2/h4-13,33H,3H2,1-2H3,(H2,28,29,30,35). The van der Waals surface area contributed by atoms with Gasteiger partial charge in [-0.1, -0.05) is 47.5 Å². The molecule has 0 aliphatic heterocycles. The maximum absolute atomic E-state index is 12.8. The summed E-state index contributed by atoms with van der Waals surface area (Å²) in [4.78, 5) is 29.3. The molecule has 8 nitrogen and oxygen atoms in total. The Morgan fingerprint density at radius 3 is 2.43 bits per heavy atom. The largest absolute Gasteiger partial charge is 0.508 e. The van der Waals surface area contributed by atoms with Gasteiger partial charge in [0.25, 0.3) is 5.56 Å². The highest BCUT2D eigenvalue weighted by Gasteiger charge is 2.15. The highest BCUT2D eigenvalue weighted by atomic mass is 35.5. The van der Waals surface area contributed by atoms with Crippen LogP contribution in [0.4, 0.5) is 16.2 Å². The van der Waals surface area contributed by atoms with Crippen molar-refractivity contribution in [3.05, 3.63) is 86.9 Å². The van der Waals surface area contributed by atoms with E-state index < -0.39 is 11.6 Å². The van der Waals surface area contributed by atoms with Crippen molar-refractivity contribution in [1.82, 2.24) is 14.8 Å². The van der Waals surface area contributed by atoms with Crippen LogP contribution < -0.4 is 16.2 Å². The van der Waals surface area contributed by atoms with Crippen molar-refractivity contribution in [2.75, 3.05) is 10.6 Å². The number of phenolic OH excluding ortho intramolecular Hbond substituents is 1. The van der Waals surface area contributed by atoms with Gasteiger partial charge in [-0.2, -0.15) is 5.10 Å². The van der Waals surface area contributed by atoms with Crippen LogP contribution in [0.1, 0.15) is 12.5 Å². The number of benzene rings is 2. The number of aromatic nitrogens is 3. The minimum atomic E-state index is -0.689. The van der Waals surface area contributed by atoms with Crippen LogP contribution >= 0.6 is 23.2 Å². The van der Waals surface area contributed by atoms with E-state index in [1.165, 1.54) is 23.1 Å². The van der Waals surface area contributed by atoms with Gasteiger partial charge in [-0.3, -0.25) is 9.78 Å². The first-order valence-electron chi connectivity index (χ1n) is 10.7. The molecule has 4 aromatic rings. The Labute approximate surface area is 211 Å². The van der Waals surface area contributed by atoms with E-state index in [0.29, 0.717) is 12.2 Å². The number of carbonyl (C=O) groups is 1. The van der Waals surface area contributed by atoms with Gasteiger partial charge in [0.15, 0.2) is 0 Å². The fraction of sp³-hybridized carbons (Fsp3) is 0.120. The summed E-state index contributed by atoms with van der Waals surface area (Å²) in [6.45, 7) is 4.01. The number of aromatic hydroxyl groups is 1. The monoisotopic (exact) mass is 509 g/mol. The van der Waals surface area contributed by atoms with Gasteiger partial charge < -0.3 is 15.7 Å². The molecular formula is C25H21Cl2N5O3. The van der Waals surface area contributed by atoms with Crippen molar-refractivity contribution < 1.29 is 9.90 Å². The number of rotatable bonds is 5. The van der Waals surface area contributed by atoms with Crippen LogP contribution in [0.2, 0.25) is 10.0 Å². The lowest BCUT2D eigenvalue weighted by Gasteiger charge is -2.13. The van der Waals surface area contributed by atoms with Crippen molar-refractivity contribution in [3.8, 4) is 28.1 Å². The summed E-state index contributed by atoms with van der Waals surface area (Å²) in [5, 5.41) is 19.6. The van der Waals surface area contributed by atoms with Crippen LogP contribution in [0.5, 0.6) is 5.75 Å². The lowest BCUT2D eigenvalue weighted by Crippen LogP contribution is -2.29. The average Bonchev–Trinajstić information content (AvgIpc) is 2.83. The van der Waals surface area contributed by atoms with E-state index in [4.69, 9.17) is 23.2 Å². The zero-order valence-electron chi connectivity index (χ0n) is 18.8. The second-order valence-electron chi connectivity index (χ2n) is 7.70. The van der Waals surface area contributed by atoms with Gasteiger partial charge in [-0.25, -0.2) is 9.48 Å². The molecule has 2 heterocycles. The fourth-order valence-corrected chi connectivity index (χ4v) is 4.06. The van der Waals surface area contributed by atoms with E-state index in [-0.39, 0.29) is 27.2 Å². The van der Waals surface area contributed by atoms with Gasteiger partial charge in [0.2, 0.25) is 0 Å². The van der Waals surface area contributed by atoms with Crippen LogP contribution in [0, 0.1) is 6.92 Å². The summed E-state index contributed by atoms with van der Waals surface area (Å²) < 4.78 is 1.27. The number of anilines is 2. The van der Waals surface area contributed by atoms with Crippen LogP contribution in [-0.4, -0.2) is 25.9 Å². The van der Waals surface area contributed by atoms with Crippen molar-refractivity contribution in [2.45, 2.75) is 20.4 Å². The predicted molar refractivity (Wildman–Crippen MR) is 138 cm³/mol. The number of pyridine rings is 1. The lowest BCUT2D eigenvalue weighted by molar-refractivity contribution is 0.262. The molecule has 0 saturated carbocycles. The van der Waals surface area contributed by atoms with Gasteiger partial charge in [-0.15, -0.1) is 0 Å². The predicted octanol–water partition coefficient (Wildman–Crippen LogP) is 5.96. The molecule has 4 rings (SSSR count). The molecular weight excluding hydrogens is 489 g/mol. The number of carbonyl (C=O) groups excluding carboxylic acids is 1. The highest BCUT2D eigenvalue weighted by molar-refractivity contribution is 6.39. The van der Waals surface area contributed by atoms with Gasteiger partial charge in [0, 0.05) is 24.5 Å². The Morgan fingerprint density at radius 2 is 1.74 bits per heavy atom. The third kappa shape index (κ3) is 5.29. The van der Waals surface area contributed by atoms with E-state index in [1.54, 1.807) is 19.1 Å². The third-order valence-electron chi connectivity index (χ3n) is 5.29. The SMILES string of the molecule is CCn1nc(-c2cccc(-c3ccc(O)cc3C)c2)cc(NC(=O)Nc2c(Cl)cncc2Cl)c1=O. The number of nitrogens with one attached hydrogen (secondary N) is 2. The Morgan fingerprint density at radius 1 is 1.03 bits per heavy atom. The van der Waals surface area contributed by atoms with E-state index in [9.17, 15) is 14.7 Å². The molecule has 0 radical (unpaired) electrons. The molecule has 2 aromatic carbocycles. The molecule has 0 atom stereocenters. The lowest BCUT2D eigenvalue weighted by atomic mass is 9.98. The van der Waals surface area contributed by atoms with Crippen LogP contribution in [0.25, 0.3) is 22.4 Å². The molecule has 178 valence electrons. The molecule has 0 aliphatic carbocycles. The maximum Gasteiger partial charge on any atom is 0.323 e. The smallest absolute Gasteiger partial charge is 0.323 e. The number of hydrogen-bond donors (Lipinski definition) is 3. The van der Waals surface area contributed by atoms with Gasteiger partial charge >= 0.3 is 6.03 Å². The zero-order valence-corrected chi connectivity index (χ0v) is 20.4. The van der Waals surface area contributed by atoms with Crippen LogP contribution in [-0.2, 0) is 6.54 Å². The van der Waals surface area contributed by atoms with Crippen LogP contribution in [0.15, 0.2) is 65.7 Å². The maximum atomic E-state index is 12.8. The number of urea groups is 1. The number of halogens is 2. The number of phenols is 1. The molecule has 0 bridgehead atoms. The molecule has 2 aromatic heterocycles. The Hall–Kier alpha value is -3.88. The summed E-state index contributed by atoms with van der Waals surface area (Å²) in [5.41, 5.74) is 3.82. The van der Waals surface area contributed by atoms with E-state index in [0.717, 1.165) is 22.3 Å². The molecule has 0 aliphatic rings. The minimum absolute atomic E-state index is 0.0434. The number of amides is 2. The average molecular weight is 510 g/mol. The molecule has 0 spiro atoms.